The van der Waals surface area contributed by atoms with Crippen molar-refractivity contribution >= 4 is 27.7 Å². The number of carbonyl (C=O) groups is 1. The fourth-order valence-electron chi connectivity index (χ4n) is 1.13. The number of anilines is 1. The van der Waals surface area contributed by atoms with Gasteiger partial charge in [0.2, 0.25) is 0 Å². The number of methoxy groups -OCH3 is 1. The average Bonchev–Trinajstić information content (AvgIpc) is 2.26. The summed E-state index contributed by atoms with van der Waals surface area (Å²) in [5.74, 6) is 0. The van der Waals surface area contributed by atoms with Gasteiger partial charge in [-0.05, 0) is 12.1 Å². The molecule has 0 bridgehead atoms. The van der Waals surface area contributed by atoms with Crippen LogP contribution in [-0.2, 0) is 4.74 Å². The van der Waals surface area contributed by atoms with E-state index >= 15 is 0 Å². The highest BCUT2D eigenvalue weighted by atomic mass is 79.9. The lowest BCUT2D eigenvalue weighted by Gasteiger charge is -2.19. The molecule has 1 aromatic rings. The molecule has 0 aliphatic heterocycles. The van der Waals surface area contributed by atoms with Gasteiger partial charge in [0.1, 0.15) is 0 Å². The fraction of sp³-hybridized carbons (Fsp3) is 0.300. The minimum absolute atomic E-state index is 0.337. The van der Waals surface area contributed by atoms with Crippen LogP contribution in [-0.4, -0.2) is 25.1 Å². The predicted molar refractivity (Wildman–Crippen MR) is 60.0 cm³/mol. The van der Waals surface area contributed by atoms with Crippen molar-refractivity contribution in [1.82, 2.24) is 0 Å². The lowest BCUT2D eigenvalue weighted by Crippen LogP contribution is -2.32. The van der Waals surface area contributed by atoms with Gasteiger partial charge < -0.3 is 4.74 Å². The Balaban J connectivity index is 2.83. The summed E-state index contributed by atoms with van der Waals surface area (Å²) in [4.78, 5) is 13.0. The third-order valence-electron chi connectivity index (χ3n) is 1.77. The molecular weight excluding hydrogens is 246 g/mol. The van der Waals surface area contributed by atoms with Crippen LogP contribution in [0.5, 0.6) is 0 Å². The van der Waals surface area contributed by atoms with E-state index in [2.05, 4.69) is 20.7 Å². The maximum Gasteiger partial charge on any atom is 0.414 e. The number of ether oxygens (including phenoxy) is 1. The van der Waals surface area contributed by atoms with Gasteiger partial charge in [0.15, 0.2) is 0 Å². The number of amides is 1. The molecule has 0 aliphatic carbocycles. The zero-order chi connectivity index (χ0) is 10.4. The summed E-state index contributed by atoms with van der Waals surface area (Å²) in [5, 5.41) is 0.719. The molecule has 0 radical (unpaired) electrons. The number of para-hydroxylation sites is 1. The number of alkyl halides is 1. The van der Waals surface area contributed by atoms with Crippen molar-refractivity contribution in [3.8, 4) is 0 Å². The monoisotopic (exact) mass is 257 g/mol. The SMILES string of the molecule is COC(=O)N(CCBr)c1ccccc1. The molecule has 4 heteroatoms. The summed E-state index contributed by atoms with van der Waals surface area (Å²) in [6, 6.07) is 9.44. The molecule has 76 valence electrons. The third kappa shape index (κ3) is 2.73. The Hall–Kier alpha value is -1.03. The number of halogens is 1. The van der Waals surface area contributed by atoms with Crippen LogP contribution < -0.4 is 4.90 Å². The number of hydrogen-bond acceptors (Lipinski definition) is 2. The molecule has 0 atom stereocenters. The Bertz CT molecular complexity index is 289. The molecule has 0 spiro atoms. The zero-order valence-electron chi connectivity index (χ0n) is 7.94. The van der Waals surface area contributed by atoms with Crippen LogP contribution in [0, 0.1) is 0 Å². The topological polar surface area (TPSA) is 29.5 Å². The van der Waals surface area contributed by atoms with Crippen molar-refractivity contribution in [3.05, 3.63) is 30.3 Å². The van der Waals surface area contributed by atoms with E-state index in [1.165, 1.54) is 7.11 Å². The maximum atomic E-state index is 11.4. The highest BCUT2D eigenvalue weighted by Crippen LogP contribution is 2.14. The molecule has 0 fully saturated rings. The summed E-state index contributed by atoms with van der Waals surface area (Å²) in [5.41, 5.74) is 0.846. The van der Waals surface area contributed by atoms with E-state index in [9.17, 15) is 4.79 Å². The van der Waals surface area contributed by atoms with Gasteiger partial charge in [-0.15, -0.1) is 0 Å². The first-order chi connectivity index (χ1) is 6.79. The molecular formula is C10H12BrNO2. The largest absolute Gasteiger partial charge is 0.452 e. The van der Waals surface area contributed by atoms with E-state index < -0.39 is 0 Å². The molecule has 0 aromatic heterocycles. The predicted octanol–water partition coefficient (Wildman–Crippen LogP) is 2.65. The Morgan fingerprint density at radius 2 is 2.07 bits per heavy atom. The number of rotatable bonds is 3. The maximum absolute atomic E-state index is 11.4. The van der Waals surface area contributed by atoms with E-state index in [0.29, 0.717) is 6.54 Å². The van der Waals surface area contributed by atoms with Gasteiger partial charge in [-0.1, -0.05) is 34.1 Å². The van der Waals surface area contributed by atoms with Gasteiger partial charge >= 0.3 is 6.09 Å². The van der Waals surface area contributed by atoms with Crippen LogP contribution in [0.3, 0.4) is 0 Å². The van der Waals surface area contributed by atoms with Gasteiger partial charge in [-0.3, -0.25) is 4.90 Å². The van der Waals surface area contributed by atoms with Gasteiger partial charge in [0.05, 0.1) is 7.11 Å². The number of benzene rings is 1. The van der Waals surface area contributed by atoms with E-state index in [4.69, 9.17) is 0 Å². The van der Waals surface area contributed by atoms with E-state index in [0.717, 1.165) is 11.0 Å². The van der Waals surface area contributed by atoms with Gasteiger partial charge in [0.25, 0.3) is 0 Å². The quantitative estimate of drug-likeness (QED) is 0.780. The van der Waals surface area contributed by atoms with Gasteiger partial charge in [-0.25, -0.2) is 4.79 Å². The van der Waals surface area contributed by atoms with Crippen LogP contribution in [0.4, 0.5) is 10.5 Å². The van der Waals surface area contributed by atoms with E-state index in [-0.39, 0.29) is 6.09 Å². The van der Waals surface area contributed by atoms with Crippen LogP contribution in [0.25, 0.3) is 0 Å². The Morgan fingerprint density at radius 3 is 2.57 bits per heavy atom. The number of nitrogens with zero attached hydrogens (tertiary/aromatic N) is 1. The molecule has 0 unspecified atom stereocenters. The zero-order valence-corrected chi connectivity index (χ0v) is 9.53. The first-order valence-electron chi connectivity index (χ1n) is 4.26. The second-order valence-corrected chi connectivity index (χ2v) is 3.44. The minimum atomic E-state index is -0.337. The van der Waals surface area contributed by atoms with Crippen LogP contribution in [0.15, 0.2) is 30.3 Å². The van der Waals surface area contributed by atoms with Gasteiger partial charge in [-0.2, -0.15) is 0 Å². The second kappa shape index (κ2) is 5.65. The van der Waals surface area contributed by atoms with Gasteiger partial charge in [0, 0.05) is 17.6 Å². The summed E-state index contributed by atoms with van der Waals surface area (Å²) in [6.07, 6.45) is -0.337. The Morgan fingerprint density at radius 1 is 1.43 bits per heavy atom. The molecule has 14 heavy (non-hydrogen) atoms. The first kappa shape index (κ1) is 11.0. The van der Waals surface area contributed by atoms with Crippen LogP contribution in [0.2, 0.25) is 0 Å². The van der Waals surface area contributed by atoms with E-state index in [1.54, 1.807) is 4.90 Å². The fourth-order valence-corrected chi connectivity index (χ4v) is 1.48. The highest BCUT2D eigenvalue weighted by molar-refractivity contribution is 9.09. The molecule has 0 N–H and O–H groups in total. The molecule has 0 aliphatic rings. The average molecular weight is 258 g/mol. The Labute approximate surface area is 91.8 Å². The molecule has 0 saturated carbocycles. The van der Waals surface area contributed by atoms with Crippen molar-refractivity contribution in [2.75, 3.05) is 23.9 Å². The smallest absolute Gasteiger partial charge is 0.414 e. The number of hydrogen-bond donors (Lipinski definition) is 0. The lowest BCUT2D eigenvalue weighted by atomic mass is 10.3. The number of carbonyl (C=O) groups excluding carboxylic acids is 1. The molecule has 3 nitrogen and oxygen atoms in total. The summed E-state index contributed by atoms with van der Waals surface area (Å²) < 4.78 is 4.69. The summed E-state index contributed by atoms with van der Waals surface area (Å²) in [6.45, 7) is 0.594. The Kier molecular flexibility index (Phi) is 4.46. The molecule has 1 aromatic carbocycles. The first-order valence-corrected chi connectivity index (χ1v) is 5.38. The summed E-state index contributed by atoms with van der Waals surface area (Å²) in [7, 11) is 1.38. The van der Waals surface area contributed by atoms with Crippen LogP contribution in [0.1, 0.15) is 0 Å². The third-order valence-corrected chi connectivity index (χ3v) is 2.13. The lowest BCUT2D eigenvalue weighted by molar-refractivity contribution is 0.179. The van der Waals surface area contributed by atoms with Crippen molar-refractivity contribution in [3.63, 3.8) is 0 Å². The van der Waals surface area contributed by atoms with E-state index in [1.807, 2.05) is 30.3 Å². The minimum Gasteiger partial charge on any atom is -0.452 e. The van der Waals surface area contributed by atoms with Crippen LogP contribution >= 0.6 is 15.9 Å². The molecule has 1 amide bonds. The standard InChI is InChI=1S/C10H12BrNO2/c1-14-10(13)12(8-7-11)9-5-3-2-4-6-9/h2-6H,7-8H2,1H3. The van der Waals surface area contributed by atoms with Crippen molar-refractivity contribution in [2.24, 2.45) is 0 Å². The molecule has 0 saturated heterocycles. The van der Waals surface area contributed by atoms with Crippen molar-refractivity contribution in [1.29, 1.82) is 0 Å². The second-order valence-electron chi connectivity index (χ2n) is 2.65. The van der Waals surface area contributed by atoms with Crippen molar-refractivity contribution < 1.29 is 9.53 Å². The highest BCUT2D eigenvalue weighted by Gasteiger charge is 2.14. The normalized spacial score (nSPS) is 9.57. The van der Waals surface area contributed by atoms with Crippen molar-refractivity contribution in [2.45, 2.75) is 0 Å². The molecule has 1 rings (SSSR count). The molecule has 0 heterocycles. The summed E-state index contributed by atoms with van der Waals surface area (Å²) >= 11 is 3.30.